The van der Waals surface area contributed by atoms with E-state index in [4.69, 9.17) is 10.2 Å². The fourth-order valence-corrected chi connectivity index (χ4v) is 2.65. The van der Waals surface area contributed by atoms with Gasteiger partial charge in [0.15, 0.2) is 5.76 Å². The first-order chi connectivity index (χ1) is 10.6. The first kappa shape index (κ1) is 14.4. The van der Waals surface area contributed by atoms with Crippen molar-refractivity contribution in [1.82, 2.24) is 14.7 Å². The van der Waals surface area contributed by atoms with Crippen molar-refractivity contribution in [2.45, 2.75) is 25.8 Å². The lowest BCUT2D eigenvalue weighted by Crippen LogP contribution is -2.39. The van der Waals surface area contributed by atoms with Gasteiger partial charge >= 0.3 is 0 Å². The molecular weight excluding hydrogens is 284 g/mol. The highest BCUT2D eigenvalue weighted by molar-refractivity contribution is 5.80. The molecule has 0 aromatic carbocycles. The molecule has 2 aromatic heterocycles. The highest BCUT2D eigenvalue weighted by atomic mass is 16.3. The van der Waals surface area contributed by atoms with E-state index in [-0.39, 0.29) is 11.6 Å². The summed E-state index contributed by atoms with van der Waals surface area (Å²) >= 11 is 0. The first-order valence-corrected chi connectivity index (χ1v) is 7.30. The number of rotatable bonds is 3. The number of carbonyl (C=O) groups is 1. The van der Waals surface area contributed by atoms with Crippen molar-refractivity contribution in [3.8, 4) is 11.5 Å². The summed E-state index contributed by atoms with van der Waals surface area (Å²) in [4.78, 5) is 26.5. The van der Waals surface area contributed by atoms with Crippen LogP contribution >= 0.6 is 0 Å². The fourth-order valence-electron chi connectivity index (χ4n) is 2.65. The van der Waals surface area contributed by atoms with Gasteiger partial charge in [0.25, 0.3) is 5.56 Å². The maximum Gasteiger partial charge on any atom is 0.290 e. The largest absolute Gasteiger partial charge is 0.463 e. The van der Waals surface area contributed by atoms with Crippen LogP contribution in [-0.2, 0) is 4.79 Å². The van der Waals surface area contributed by atoms with E-state index in [1.807, 2.05) is 0 Å². The molecule has 0 saturated carbocycles. The zero-order chi connectivity index (χ0) is 15.7. The summed E-state index contributed by atoms with van der Waals surface area (Å²) in [7, 11) is 0. The van der Waals surface area contributed by atoms with Crippen LogP contribution in [0.5, 0.6) is 0 Å². The van der Waals surface area contributed by atoms with Gasteiger partial charge in [-0.15, -0.1) is 0 Å². The molecule has 0 aliphatic carbocycles. The van der Waals surface area contributed by atoms with Gasteiger partial charge in [-0.2, -0.15) is 5.10 Å². The number of likely N-dealkylation sites (tertiary alicyclic amines) is 1. The Bertz CT molecular complexity index is 730. The number of aromatic nitrogens is 2. The van der Waals surface area contributed by atoms with Gasteiger partial charge in [0.1, 0.15) is 17.4 Å². The second-order valence-electron chi connectivity index (χ2n) is 5.42. The Morgan fingerprint density at radius 2 is 2.14 bits per heavy atom. The van der Waals surface area contributed by atoms with Crippen LogP contribution in [0, 0.1) is 0 Å². The van der Waals surface area contributed by atoms with Crippen LogP contribution in [-0.4, -0.2) is 33.7 Å². The van der Waals surface area contributed by atoms with Crippen LogP contribution in [0.15, 0.2) is 33.7 Å². The number of nitrogens with two attached hydrogens (primary N) is 1. The van der Waals surface area contributed by atoms with Gasteiger partial charge in [0.05, 0.1) is 6.26 Å². The van der Waals surface area contributed by atoms with E-state index in [2.05, 4.69) is 5.10 Å². The first-order valence-electron chi connectivity index (χ1n) is 7.30. The summed E-state index contributed by atoms with van der Waals surface area (Å²) in [5.74, 6) is 0.393. The minimum absolute atomic E-state index is 0.0440. The Balaban J connectivity index is 1.98. The second kappa shape index (κ2) is 5.67. The van der Waals surface area contributed by atoms with Crippen LogP contribution in [0.1, 0.15) is 25.8 Å². The quantitative estimate of drug-likeness (QED) is 0.921. The highest BCUT2D eigenvalue weighted by Gasteiger charge is 2.26. The van der Waals surface area contributed by atoms with E-state index < -0.39 is 11.6 Å². The van der Waals surface area contributed by atoms with E-state index in [9.17, 15) is 9.59 Å². The number of amides is 1. The summed E-state index contributed by atoms with van der Waals surface area (Å²) in [5.41, 5.74) is 5.79. The van der Waals surface area contributed by atoms with Crippen molar-refractivity contribution in [3.63, 3.8) is 0 Å². The number of hydrogen-bond donors (Lipinski definition) is 1. The van der Waals surface area contributed by atoms with Gasteiger partial charge in [-0.25, -0.2) is 4.68 Å². The Hall–Kier alpha value is -2.57. The molecule has 1 aliphatic heterocycles. The predicted octanol–water partition coefficient (Wildman–Crippen LogP) is 1.27. The van der Waals surface area contributed by atoms with Crippen molar-refractivity contribution in [1.29, 1.82) is 0 Å². The van der Waals surface area contributed by atoms with Crippen LogP contribution in [0.25, 0.3) is 11.5 Å². The van der Waals surface area contributed by atoms with Crippen molar-refractivity contribution in [2.24, 2.45) is 0 Å². The summed E-state index contributed by atoms with van der Waals surface area (Å²) < 4.78 is 6.43. The molecule has 1 amide bonds. The summed E-state index contributed by atoms with van der Waals surface area (Å²) in [6.45, 7) is 3.12. The van der Waals surface area contributed by atoms with Gasteiger partial charge < -0.3 is 15.1 Å². The molecule has 0 spiro atoms. The molecule has 2 aromatic rings. The van der Waals surface area contributed by atoms with Gasteiger partial charge in [-0.05, 0) is 38.0 Å². The smallest absolute Gasteiger partial charge is 0.290 e. The maximum atomic E-state index is 12.5. The molecule has 1 fully saturated rings. The minimum atomic E-state index is -0.692. The topological polar surface area (TPSA) is 94.4 Å². The third-order valence-electron chi connectivity index (χ3n) is 3.88. The van der Waals surface area contributed by atoms with Crippen molar-refractivity contribution < 1.29 is 9.21 Å². The molecule has 116 valence electrons. The zero-order valence-corrected chi connectivity index (χ0v) is 12.4. The van der Waals surface area contributed by atoms with E-state index in [1.165, 1.54) is 12.3 Å². The molecule has 1 aliphatic rings. The van der Waals surface area contributed by atoms with Gasteiger partial charge in [-0.3, -0.25) is 9.59 Å². The van der Waals surface area contributed by atoms with Crippen LogP contribution in [0.2, 0.25) is 0 Å². The standard InChI is InChI=1S/C15H18N4O3/c1-10(14(20)18-6-2-3-7-18)19-15(21)11(16)9-12(17-19)13-5-4-8-22-13/h4-5,8-10H,2-3,6-7,16H2,1H3/t10-/m1/s1. The molecule has 0 unspecified atom stereocenters. The number of nitrogens with zero attached hydrogens (tertiary/aromatic N) is 3. The van der Waals surface area contributed by atoms with E-state index in [0.29, 0.717) is 11.5 Å². The summed E-state index contributed by atoms with van der Waals surface area (Å²) in [5, 5.41) is 4.25. The van der Waals surface area contributed by atoms with Crippen molar-refractivity contribution >= 4 is 11.6 Å². The third kappa shape index (κ3) is 2.49. The number of hydrogen-bond acceptors (Lipinski definition) is 5. The fraction of sp³-hybridized carbons (Fsp3) is 0.400. The third-order valence-corrected chi connectivity index (χ3v) is 3.88. The zero-order valence-electron chi connectivity index (χ0n) is 12.4. The van der Waals surface area contributed by atoms with Crippen LogP contribution in [0.4, 0.5) is 5.69 Å². The van der Waals surface area contributed by atoms with E-state index in [1.54, 1.807) is 24.0 Å². The number of furan rings is 1. The van der Waals surface area contributed by atoms with Gasteiger partial charge in [-0.1, -0.05) is 0 Å². The molecular formula is C15H18N4O3. The summed E-state index contributed by atoms with van der Waals surface area (Å²) in [6.07, 6.45) is 3.51. The normalized spacial score (nSPS) is 16.0. The average molecular weight is 302 g/mol. The Labute approximate surface area is 127 Å². The molecule has 3 heterocycles. The lowest BCUT2D eigenvalue weighted by Gasteiger charge is -2.21. The number of anilines is 1. The molecule has 3 rings (SSSR count). The number of carbonyl (C=O) groups excluding carboxylic acids is 1. The van der Waals surface area contributed by atoms with Gasteiger partial charge in [0.2, 0.25) is 5.91 Å². The SMILES string of the molecule is C[C@H](C(=O)N1CCCC1)n1nc(-c2ccco2)cc(N)c1=O. The minimum Gasteiger partial charge on any atom is -0.463 e. The Kier molecular flexibility index (Phi) is 3.70. The van der Waals surface area contributed by atoms with Crippen LogP contribution < -0.4 is 11.3 Å². The van der Waals surface area contributed by atoms with Crippen molar-refractivity contribution in [2.75, 3.05) is 18.8 Å². The van der Waals surface area contributed by atoms with E-state index in [0.717, 1.165) is 30.6 Å². The second-order valence-corrected chi connectivity index (χ2v) is 5.42. The molecule has 2 N–H and O–H groups in total. The molecule has 7 heteroatoms. The predicted molar refractivity (Wildman–Crippen MR) is 81.1 cm³/mol. The summed E-state index contributed by atoms with van der Waals surface area (Å²) in [6, 6.07) is 4.22. The Morgan fingerprint density at radius 1 is 1.41 bits per heavy atom. The van der Waals surface area contributed by atoms with E-state index >= 15 is 0 Å². The average Bonchev–Trinajstić information content (AvgIpc) is 3.21. The van der Waals surface area contributed by atoms with Crippen molar-refractivity contribution in [3.05, 3.63) is 34.8 Å². The molecule has 0 radical (unpaired) electrons. The van der Waals surface area contributed by atoms with Gasteiger partial charge in [0, 0.05) is 13.1 Å². The molecule has 0 bridgehead atoms. The lowest BCUT2D eigenvalue weighted by atomic mass is 10.2. The molecule has 22 heavy (non-hydrogen) atoms. The lowest BCUT2D eigenvalue weighted by molar-refractivity contribution is -0.133. The Morgan fingerprint density at radius 3 is 2.77 bits per heavy atom. The maximum absolute atomic E-state index is 12.5. The number of nitrogen functional groups attached to an aromatic ring is 1. The van der Waals surface area contributed by atoms with Crippen LogP contribution in [0.3, 0.4) is 0 Å². The highest BCUT2D eigenvalue weighted by Crippen LogP contribution is 2.20. The monoisotopic (exact) mass is 302 g/mol. The molecule has 7 nitrogen and oxygen atoms in total. The molecule has 1 saturated heterocycles. The molecule has 1 atom stereocenters.